The molecule has 0 aromatic rings. The maximum atomic E-state index is 12.4. The summed E-state index contributed by atoms with van der Waals surface area (Å²) < 4.78 is 4.93. The molecule has 1 fully saturated rings. The summed E-state index contributed by atoms with van der Waals surface area (Å²) in [7, 11) is 0. The van der Waals surface area contributed by atoms with Crippen LogP contribution in [0.2, 0.25) is 0 Å². The number of carbonyl (C=O) groups excluding carboxylic acids is 2. The second kappa shape index (κ2) is 18.5. The van der Waals surface area contributed by atoms with E-state index in [9.17, 15) is 9.59 Å². The Kier molecular flexibility index (Phi) is 16.6. The van der Waals surface area contributed by atoms with Gasteiger partial charge < -0.3 is 4.74 Å². The fourth-order valence-corrected chi connectivity index (χ4v) is 4.60. The Bertz CT molecular complexity index is 496. The normalized spacial score (nSPS) is 18.9. The first kappa shape index (κ1) is 27.9. The molecule has 0 N–H and O–H groups in total. The molecule has 3 heteroatoms. The van der Waals surface area contributed by atoms with Gasteiger partial charge in [-0.1, -0.05) is 135 Å². The van der Waals surface area contributed by atoms with E-state index in [2.05, 4.69) is 19.9 Å². The van der Waals surface area contributed by atoms with E-state index in [4.69, 9.17) is 4.74 Å². The Morgan fingerprint density at radius 2 is 1.13 bits per heavy atom. The number of carbonyl (C=O) groups is 2. The Morgan fingerprint density at radius 3 is 1.58 bits per heavy atom. The van der Waals surface area contributed by atoms with Gasteiger partial charge in [0.2, 0.25) is 0 Å². The number of esters is 2. The molecule has 1 aliphatic rings. The SMILES string of the molecule is CCCCCCCCCCC=CC1(CCCCCCCCCCCC)CC(=O)OC1=O. The van der Waals surface area contributed by atoms with Crippen LogP contribution in [0, 0.1) is 5.41 Å². The van der Waals surface area contributed by atoms with Gasteiger partial charge >= 0.3 is 11.9 Å². The zero-order chi connectivity index (χ0) is 22.6. The molecule has 31 heavy (non-hydrogen) atoms. The maximum absolute atomic E-state index is 12.4. The van der Waals surface area contributed by atoms with Crippen LogP contribution in [0.4, 0.5) is 0 Å². The van der Waals surface area contributed by atoms with Gasteiger partial charge in [-0.25, -0.2) is 0 Å². The number of ether oxygens (including phenoxy) is 1. The molecule has 180 valence electrons. The van der Waals surface area contributed by atoms with E-state index in [-0.39, 0.29) is 18.4 Å². The zero-order valence-electron chi connectivity index (χ0n) is 20.7. The minimum absolute atomic E-state index is 0.233. The van der Waals surface area contributed by atoms with Crippen molar-refractivity contribution in [3.63, 3.8) is 0 Å². The van der Waals surface area contributed by atoms with Gasteiger partial charge in [0.05, 0.1) is 11.8 Å². The molecule has 1 unspecified atom stereocenters. The summed E-state index contributed by atoms with van der Waals surface area (Å²) in [4.78, 5) is 24.2. The van der Waals surface area contributed by atoms with Crippen LogP contribution in [-0.4, -0.2) is 11.9 Å². The van der Waals surface area contributed by atoms with Crippen molar-refractivity contribution < 1.29 is 14.3 Å². The number of cyclic esters (lactones) is 2. The molecular formula is C28H50O3. The third-order valence-corrected chi connectivity index (χ3v) is 6.71. The molecule has 1 heterocycles. The van der Waals surface area contributed by atoms with Crippen LogP contribution >= 0.6 is 0 Å². The molecule has 1 aliphatic heterocycles. The van der Waals surface area contributed by atoms with E-state index in [1.807, 2.05) is 6.08 Å². The largest absolute Gasteiger partial charge is 0.392 e. The molecule has 1 rings (SSSR count). The van der Waals surface area contributed by atoms with Crippen LogP contribution in [0.5, 0.6) is 0 Å². The lowest BCUT2D eigenvalue weighted by atomic mass is 9.80. The molecule has 1 saturated heterocycles. The molecule has 0 saturated carbocycles. The average molecular weight is 435 g/mol. The highest BCUT2D eigenvalue weighted by molar-refractivity contribution is 5.98. The van der Waals surface area contributed by atoms with E-state index < -0.39 is 5.41 Å². The van der Waals surface area contributed by atoms with Crippen molar-refractivity contribution >= 4 is 11.9 Å². The van der Waals surface area contributed by atoms with Crippen molar-refractivity contribution in [1.82, 2.24) is 0 Å². The van der Waals surface area contributed by atoms with Crippen molar-refractivity contribution in [3.05, 3.63) is 12.2 Å². The second-order valence-corrected chi connectivity index (χ2v) is 9.69. The highest BCUT2D eigenvalue weighted by Crippen LogP contribution is 2.38. The number of rotatable bonds is 21. The lowest BCUT2D eigenvalue weighted by Crippen LogP contribution is -2.24. The number of allylic oxidation sites excluding steroid dienone is 1. The highest BCUT2D eigenvalue weighted by atomic mass is 16.6. The van der Waals surface area contributed by atoms with Gasteiger partial charge in [0, 0.05) is 0 Å². The summed E-state index contributed by atoms with van der Waals surface area (Å²) in [6.07, 6.45) is 29.3. The molecular weight excluding hydrogens is 384 g/mol. The van der Waals surface area contributed by atoms with Crippen LogP contribution in [-0.2, 0) is 14.3 Å². The molecule has 1 atom stereocenters. The Morgan fingerprint density at radius 1 is 0.677 bits per heavy atom. The molecule has 0 aliphatic carbocycles. The average Bonchev–Trinajstić information content (AvgIpc) is 3.04. The topological polar surface area (TPSA) is 43.4 Å². The smallest absolute Gasteiger partial charge is 0.324 e. The van der Waals surface area contributed by atoms with Crippen LogP contribution < -0.4 is 0 Å². The van der Waals surface area contributed by atoms with E-state index >= 15 is 0 Å². The molecule has 0 aromatic carbocycles. The predicted octanol–water partition coefficient (Wildman–Crippen LogP) is 8.84. The number of unbranched alkanes of at least 4 members (excludes halogenated alkanes) is 17. The molecule has 3 nitrogen and oxygen atoms in total. The number of hydrogen-bond acceptors (Lipinski definition) is 3. The van der Waals surface area contributed by atoms with E-state index in [1.165, 1.54) is 103 Å². The summed E-state index contributed by atoms with van der Waals surface area (Å²) >= 11 is 0. The first-order valence-corrected chi connectivity index (χ1v) is 13.6. The Balaban J connectivity index is 2.20. The number of hydrogen-bond donors (Lipinski definition) is 0. The summed E-state index contributed by atoms with van der Waals surface area (Å²) in [5.41, 5.74) is -0.683. The van der Waals surface area contributed by atoms with Gasteiger partial charge in [-0.2, -0.15) is 0 Å². The minimum atomic E-state index is -0.683. The van der Waals surface area contributed by atoms with Gasteiger partial charge in [-0.3, -0.25) is 9.59 Å². The first-order chi connectivity index (χ1) is 15.1. The van der Waals surface area contributed by atoms with Crippen molar-refractivity contribution in [3.8, 4) is 0 Å². The summed E-state index contributed by atoms with van der Waals surface area (Å²) in [6.45, 7) is 4.51. The molecule has 0 radical (unpaired) electrons. The Labute approximate surface area is 192 Å². The lowest BCUT2D eigenvalue weighted by Gasteiger charge is -2.19. The monoisotopic (exact) mass is 434 g/mol. The maximum Gasteiger partial charge on any atom is 0.324 e. The molecule has 0 spiro atoms. The van der Waals surface area contributed by atoms with Crippen LogP contribution in [0.3, 0.4) is 0 Å². The second-order valence-electron chi connectivity index (χ2n) is 9.69. The van der Waals surface area contributed by atoms with Gasteiger partial charge in [-0.05, 0) is 19.3 Å². The molecule has 0 aromatic heterocycles. The third kappa shape index (κ3) is 13.1. The predicted molar refractivity (Wildman–Crippen MR) is 131 cm³/mol. The highest BCUT2D eigenvalue weighted by Gasteiger charge is 2.46. The fraction of sp³-hybridized carbons (Fsp3) is 0.857. The van der Waals surface area contributed by atoms with Gasteiger partial charge in [0.1, 0.15) is 0 Å². The molecule has 0 amide bonds. The van der Waals surface area contributed by atoms with E-state index in [0.29, 0.717) is 0 Å². The standard InChI is InChI=1S/C28H50O3/c1-3-5-7-9-11-13-15-17-19-21-23-28(25-26(29)31-27(28)30)24-22-20-18-16-14-12-10-8-6-4-2/h21,23H,3-20,22,24-25H2,1-2H3. The molecule has 0 bridgehead atoms. The van der Waals surface area contributed by atoms with Crippen molar-refractivity contribution in [2.24, 2.45) is 5.41 Å². The van der Waals surface area contributed by atoms with Gasteiger partial charge in [0.25, 0.3) is 0 Å². The Hall–Kier alpha value is -1.12. The first-order valence-electron chi connectivity index (χ1n) is 13.6. The van der Waals surface area contributed by atoms with Gasteiger partial charge in [0.15, 0.2) is 0 Å². The minimum Gasteiger partial charge on any atom is -0.392 e. The van der Waals surface area contributed by atoms with E-state index in [1.54, 1.807) is 0 Å². The van der Waals surface area contributed by atoms with Crippen molar-refractivity contribution in [1.29, 1.82) is 0 Å². The quantitative estimate of drug-likeness (QED) is 0.0784. The fourth-order valence-electron chi connectivity index (χ4n) is 4.60. The van der Waals surface area contributed by atoms with E-state index in [0.717, 1.165) is 25.7 Å². The van der Waals surface area contributed by atoms with Crippen LogP contribution in [0.15, 0.2) is 12.2 Å². The zero-order valence-corrected chi connectivity index (χ0v) is 20.7. The third-order valence-electron chi connectivity index (χ3n) is 6.71. The van der Waals surface area contributed by atoms with Crippen molar-refractivity contribution in [2.75, 3.05) is 0 Å². The summed E-state index contributed by atoms with van der Waals surface area (Å²) in [6, 6.07) is 0. The lowest BCUT2D eigenvalue weighted by molar-refractivity contribution is -0.154. The summed E-state index contributed by atoms with van der Waals surface area (Å²) in [5, 5.41) is 0. The van der Waals surface area contributed by atoms with Gasteiger partial charge in [-0.15, -0.1) is 0 Å². The van der Waals surface area contributed by atoms with Crippen LogP contribution in [0.25, 0.3) is 0 Å². The van der Waals surface area contributed by atoms with Crippen molar-refractivity contribution in [2.45, 2.75) is 149 Å². The summed E-state index contributed by atoms with van der Waals surface area (Å²) in [5.74, 6) is -0.672. The van der Waals surface area contributed by atoms with Crippen LogP contribution in [0.1, 0.15) is 149 Å².